The van der Waals surface area contributed by atoms with Crippen LogP contribution in [0.5, 0.6) is 0 Å². The van der Waals surface area contributed by atoms with Crippen LogP contribution in [0, 0.1) is 5.92 Å². The Kier molecular flexibility index (Phi) is 5.31. The highest BCUT2D eigenvalue weighted by Crippen LogP contribution is 2.22. The van der Waals surface area contributed by atoms with E-state index in [1.54, 1.807) is 0 Å². The fraction of sp³-hybridized carbons (Fsp3) is 0.579. The molecule has 2 aliphatic heterocycles. The highest BCUT2D eigenvalue weighted by Gasteiger charge is 2.36. The minimum Gasteiger partial charge on any atom is -0.342 e. The zero-order valence-corrected chi connectivity index (χ0v) is 13.7. The summed E-state index contributed by atoms with van der Waals surface area (Å²) in [5, 5.41) is 0. The molecule has 2 aliphatic rings. The molecular weight excluding hydrogens is 288 g/mol. The normalized spacial score (nSPS) is 22.3. The standard InChI is InChI=1S/C19H26N2O2/c22-18-14-17(19(23)20-11-6-1-2-7-12-20)15-21(18)13-10-16-8-4-3-5-9-16/h3-5,8-9,17H,1-2,6-7,10-15H2/t17-/m0/s1. The molecule has 2 heterocycles. The molecule has 0 saturated carbocycles. The van der Waals surface area contributed by atoms with Crippen molar-refractivity contribution in [3.8, 4) is 0 Å². The molecule has 3 rings (SSSR count). The molecule has 0 aromatic heterocycles. The molecule has 4 heteroatoms. The summed E-state index contributed by atoms with van der Waals surface area (Å²) in [5.41, 5.74) is 1.24. The lowest BCUT2D eigenvalue weighted by molar-refractivity contribution is -0.135. The number of rotatable bonds is 4. The van der Waals surface area contributed by atoms with Crippen molar-refractivity contribution in [3.63, 3.8) is 0 Å². The molecule has 0 unspecified atom stereocenters. The van der Waals surface area contributed by atoms with Gasteiger partial charge < -0.3 is 9.80 Å². The van der Waals surface area contributed by atoms with Gasteiger partial charge in [-0.05, 0) is 24.8 Å². The maximum atomic E-state index is 12.7. The van der Waals surface area contributed by atoms with E-state index >= 15 is 0 Å². The van der Waals surface area contributed by atoms with Crippen molar-refractivity contribution >= 4 is 11.8 Å². The van der Waals surface area contributed by atoms with Gasteiger partial charge in [0.1, 0.15) is 0 Å². The second-order valence-corrected chi connectivity index (χ2v) is 6.72. The number of amides is 2. The number of carbonyl (C=O) groups excluding carboxylic acids is 2. The van der Waals surface area contributed by atoms with E-state index in [1.165, 1.54) is 18.4 Å². The first-order valence-corrected chi connectivity index (χ1v) is 8.84. The lowest BCUT2D eigenvalue weighted by atomic mass is 10.1. The SMILES string of the molecule is O=C1C[C@H](C(=O)N2CCCCCC2)CN1CCc1ccccc1. The van der Waals surface area contributed by atoms with Crippen LogP contribution >= 0.6 is 0 Å². The molecule has 2 fully saturated rings. The van der Waals surface area contributed by atoms with Gasteiger partial charge in [0, 0.05) is 32.6 Å². The number of hydrogen-bond acceptors (Lipinski definition) is 2. The van der Waals surface area contributed by atoms with E-state index in [9.17, 15) is 9.59 Å². The predicted octanol–water partition coefficient (Wildman–Crippen LogP) is 2.48. The summed E-state index contributed by atoms with van der Waals surface area (Å²) < 4.78 is 0. The van der Waals surface area contributed by atoms with Crippen molar-refractivity contribution in [1.82, 2.24) is 9.80 Å². The van der Waals surface area contributed by atoms with E-state index in [1.807, 2.05) is 28.0 Å². The molecule has 0 N–H and O–H groups in total. The Bertz CT molecular complexity index is 536. The Labute approximate surface area is 138 Å². The number of carbonyl (C=O) groups is 2. The van der Waals surface area contributed by atoms with E-state index in [0.717, 1.165) is 32.4 Å². The van der Waals surface area contributed by atoms with E-state index in [0.29, 0.717) is 19.5 Å². The fourth-order valence-corrected chi connectivity index (χ4v) is 3.61. The molecule has 1 aromatic rings. The predicted molar refractivity (Wildman–Crippen MR) is 89.9 cm³/mol. The van der Waals surface area contributed by atoms with Crippen LogP contribution in [0.3, 0.4) is 0 Å². The maximum Gasteiger partial charge on any atom is 0.227 e. The first-order chi connectivity index (χ1) is 11.2. The van der Waals surface area contributed by atoms with E-state index in [2.05, 4.69) is 12.1 Å². The van der Waals surface area contributed by atoms with Crippen molar-refractivity contribution in [3.05, 3.63) is 35.9 Å². The fourth-order valence-electron chi connectivity index (χ4n) is 3.61. The van der Waals surface area contributed by atoms with Crippen LogP contribution in [0.2, 0.25) is 0 Å². The van der Waals surface area contributed by atoms with Gasteiger partial charge >= 0.3 is 0 Å². The third kappa shape index (κ3) is 4.12. The molecule has 0 aliphatic carbocycles. The third-order valence-electron chi connectivity index (χ3n) is 4.99. The Hall–Kier alpha value is -1.84. The van der Waals surface area contributed by atoms with Gasteiger partial charge in [0.25, 0.3) is 0 Å². The Morgan fingerprint density at radius 2 is 1.74 bits per heavy atom. The van der Waals surface area contributed by atoms with Gasteiger partial charge in [0.15, 0.2) is 0 Å². The lowest BCUT2D eigenvalue weighted by Crippen LogP contribution is -2.38. The van der Waals surface area contributed by atoms with Crippen LogP contribution in [0.15, 0.2) is 30.3 Å². The van der Waals surface area contributed by atoms with Gasteiger partial charge in [-0.25, -0.2) is 0 Å². The average Bonchev–Trinajstić information content (AvgIpc) is 2.78. The van der Waals surface area contributed by atoms with Crippen LogP contribution in [0.4, 0.5) is 0 Å². The molecule has 23 heavy (non-hydrogen) atoms. The van der Waals surface area contributed by atoms with Crippen molar-refractivity contribution in [1.29, 1.82) is 0 Å². The highest BCUT2D eigenvalue weighted by atomic mass is 16.2. The quantitative estimate of drug-likeness (QED) is 0.856. The molecule has 124 valence electrons. The number of likely N-dealkylation sites (tertiary alicyclic amines) is 2. The number of benzene rings is 1. The van der Waals surface area contributed by atoms with Gasteiger partial charge in [0.2, 0.25) is 11.8 Å². The smallest absolute Gasteiger partial charge is 0.227 e. The summed E-state index contributed by atoms with van der Waals surface area (Å²) in [7, 11) is 0. The van der Waals surface area contributed by atoms with Crippen LogP contribution in [0.25, 0.3) is 0 Å². The summed E-state index contributed by atoms with van der Waals surface area (Å²) in [5.74, 6) is 0.202. The average molecular weight is 314 g/mol. The molecule has 1 aromatic carbocycles. The molecule has 2 saturated heterocycles. The minimum atomic E-state index is -0.128. The minimum absolute atomic E-state index is 0.128. The van der Waals surface area contributed by atoms with Crippen LogP contribution < -0.4 is 0 Å². The van der Waals surface area contributed by atoms with Crippen LogP contribution in [-0.4, -0.2) is 47.8 Å². The summed E-state index contributed by atoms with van der Waals surface area (Å²) >= 11 is 0. The molecule has 0 bridgehead atoms. The molecule has 0 radical (unpaired) electrons. The molecule has 2 amide bonds. The van der Waals surface area contributed by atoms with E-state index in [-0.39, 0.29) is 17.7 Å². The molecule has 4 nitrogen and oxygen atoms in total. The monoisotopic (exact) mass is 314 g/mol. The zero-order chi connectivity index (χ0) is 16.1. The summed E-state index contributed by atoms with van der Waals surface area (Å²) in [6, 6.07) is 10.2. The largest absolute Gasteiger partial charge is 0.342 e. The molecule has 1 atom stereocenters. The molecule has 0 spiro atoms. The van der Waals surface area contributed by atoms with E-state index in [4.69, 9.17) is 0 Å². The third-order valence-corrected chi connectivity index (χ3v) is 4.99. The van der Waals surface area contributed by atoms with Gasteiger partial charge in [-0.1, -0.05) is 43.2 Å². The Morgan fingerprint density at radius 3 is 2.43 bits per heavy atom. The van der Waals surface area contributed by atoms with Gasteiger partial charge in [-0.3, -0.25) is 9.59 Å². The van der Waals surface area contributed by atoms with Crippen molar-refractivity contribution in [2.75, 3.05) is 26.2 Å². The first-order valence-electron chi connectivity index (χ1n) is 8.84. The Morgan fingerprint density at radius 1 is 1.04 bits per heavy atom. The first kappa shape index (κ1) is 16.0. The summed E-state index contributed by atoms with van der Waals surface area (Å²) in [4.78, 5) is 28.7. The zero-order valence-electron chi connectivity index (χ0n) is 13.7. The van der Waals surface area contributed by atoms with Crippen molar-refractivity contribution in [2.45, 2.75) is 38.5 Å². The summed E-state index contributed by atoms with van der Waals surface area (Å²) in [6.45, 7) is 3.05. The van der Waals surface area contributed by atoms with Crippen molar-refractivity contribution < 1.29 is 9.59 Å². The Balaban J connectivity index is 1.53. The number of hydrogen-bond donors (Lipinski definition) is 0. The summed E-state index contributed by atoms with van der Waals surface area (Å²) in [6.07, 6.45) is 5.89. The second kappa shape index (κ2) is 7.62. The highest BCUT2D eigenvalue weighted by molar-refractivity contribution is 5.89. The van der Waals surface area contributed by atoms with Gasteiger partial charge in [-0.2, -0.15) is 0 Å². The van der Waals surface area contributed by atoms with Crippen molar-refractivity contribution in [2.24, 2.45) is 5.92 Å². The van der Waals surface area contributed by atoms with Gasteiger partial charge in [0.05, 0.1) is 5.92 Å². The molecular formula is C19H26N2O2. The van der Waals surface area contributed by atoms with Crippen LogP contribution in [-0.2, 0) is 16.0 Å². The van der Waals surface area contributed by atoms with Crippen LogP contribution in [0.1, 0.15) is 37.7 Å². The topological polar surface area (TPSA) is 40.6 Å². The number of nitrogens with zero attached hydrogens (tertiary/aromatic N) is 2. The van der Waals surface area contributed by atoms with Gasteiger partial charge in [-0.15, -0.1) is 0 Å². The second-order valence-electron chi connectivity index (χ2n) is 6.72. The maximum absolute atomic E-state index is 12.7. The lowest BCUT2D eigenvalue weighted by Gasteiger charge is -2.24. The van der Waals surface area contributed by atoms with E-state index < -0.39 is 0 Å².